The number of nitrogens with zero attached hydrogens (tertiary/aromatic N) is 6. The van der Waals surface area contributed by atoms with E-state index in [2.05, 4.69) is 31.9 Å². The van der Waals surface area contributed by atoms with Gasteiger partial charge in [-0.3, -0.25) is 31.4 Å². The SMILES string of the molecule is O=C=O.O=C=O.O=C=O.[CH2-]N([CH2-])CCN(CCN(CC(=O)[O-])CC(=O)NCCNOCCN([CH2-])CCN(CCN(CC(=O)[O-])CC(=O)[O-])CC(=O)[O-])CC(=O)[O-].[Gd+3].[Na+].[Na+].[Na+].[Na+].[Na+]. The number of aliphatic carboxylic acids is 5. The molecular weight excluding hydrogens is 1030 g/mol. The van der Waals surface area contributed by atoms with Crippen LogP contribution in [0.3, 0.4) is 0 Å². The molecule has 0 saturated carbocycles. The molecule has 0 aliphatic carbocycles. The van der Waals surface area contributed by atoms with Crippen LogP contribution >= 0.6 is 0 Å². The Morgan fingerprint density at radius 3 is 1.08 bits per heavy atom. The van der Waals surface area contributed by atoms with E-state index >= 15 is 0 Å². The third kappa shape index (κ3) is 72.6. The van der Waals surface area contributed by atoms with E-state index in [1.165, 1.54) is 19.6 Å². The molecule has 0 atom stereocenters. The van der Waals surface area contributed by atoms with Gasteiger partial charge in [-0.1, -0.05) is 0 Å². The van der Waals surface area contributed by atoms with Gasteiger partial charge in [0.15, 0.2) is 0 Å². The van der Waals surface area contributed by atoms with Gasteiger partial charge in [0.2, 0.25) is 5.91 Å². The van der Waals surface area contributed by atoms with Gasteiger partial charge in [0.1, 0.15) is 0 Å². The second kappa shape index (κ2) is 62.0. The van der Waals surface area contributed by atoms with Crippen molar-refractivity contribution in [3.8, 4) is 0 Å². The van der Waals surface area contributed by atoms with E-state index in [0.717, 1.165) is 4.90 Å². The second-order valence-corrected chi connectivity index (χ2v) is 10.7. The average molecular weight is 1080 g/mol. The van der Waals surface area contributed by atoms with E-state index in [1.807, 2.05) is 0 Å². The third-order valence-electron chi connectivity index (χ3n) is 6.22. The maximum Gasteiger partial charge on any atom is 3.00 e. The molecule has 1 radical (unpaired) electrons. The van der Waals surface area contributed by atoms with Crippen LogP contribution in [-0.4, -0.2) is 201 Å². The molecule has 0 aromatic rings. The minimum atomic E-state index is -1.49. The van der Waals surface area contributed by atoms with Gasteiger partial charge >= 0.3 is 206 Å². The molecule has 0 unspecified atom stereocenters. The van der Waals surface area contributed by atoms with Crippen molar-refractivity contribution >= 4 is 54.2 Å². The number of carboxylic acids is 5. The van der Waals surface area contributed by atoms with Crippen LogP contribution in [0.2, 0.25) is 0 Å². The van der Waals surface area contributed by atoms with Crippen molar-refractivity contribution in [3.63, 3.8) is 0 Å². The average Bonchev–Trinajstić information content (AvgIpc) is 3.06. The number of rotatable bonds is 31. The summed E-state index contributed by atoms with van der Waals surface area (Å²) in [5.74, 6) is -7.54. The van der Waals surface area contributed by atoms with Crippen molar-refractivity contribution in [2.75, 3.05) is 118 Å². The number of carbonyl (C=O) groups is 6. The van der Waals surface area contributed by atoms with E-state index < -0.39 is 61.9 Å². The van der Waals surface area contributed by atoms with Gasteiger partial charge in [-0.25, -0.2) is 5.48 Å². The Bertz CT molecular complexity index is 1230. The van der Waals surface area contributed by atoms with Crippen molar-refractivity contribution < 1.29 is 276 Å². The molecule has 32 heteroatoms. The van der Waals surface area contributed by atoms with E-state index in [4.69, 9.17) is 33.6 Å². The van der Waals surface area contributed by atoms with Crippen LogP contribution in [0.5, 0.6) is 0 Å². The molecule has 325 valence electrons. The quantitative estimate of drug-likeness (QED) is 0.0282. The standard InChI is InChI=1S/C27H49N8O12.3CO2.Gd.5Na/c1-30(2)6-8-32(17-23(37)38)10-12-34(19-25(41)42)16-22(36)28-4-5-29-47-15-14-31(3)7-9-33(18-24(39)40)11-13-35(20-26(43)44)21-27(45)46;3*2-1-3;;;;;;/h29H,1-21H2,(H,28,36)(H,37,38)(H,39,40)(H,41,42)(H,43,44)(H,45,46);;;;;;;;;/q-3;;;;+3;5*+1/p-5. The molecule has 1 amide bonds. The van der Waals surface area contributed by atoms with Crippen LogP contribution in [0.4, 0.5) is 0 Å². The van der Waals surface area contributed by atoms with E-state index in [-0.39, 0.29) is 285 Å². The number of hydrogen-bond acceptors (Lipinski definition) is 25. The molecule has 0 saturated heterocycles. The van der Waals surface area contributed by atoms with Crippen LogP contribution in [0.15, 0.2) is 0 Å². The molecule has 0 aliphatic rings. The van der Waals surface area contributed by atoms with Gasteiger partial charge < -0.3 is 83.6 Å². The van der Waals surface area contributed by atoms with Crippen molar-refractivity contribution in [1.82, 2.24) is 40.2 Å². The maximum absolute atomic E-state index is 12.3. The largest absolute Gasteiger partial charge is 3.00 e. The molecule has 0 aromatic heterocycles. The molecule has 0 bridgehead atoms. The van der Waals surface area contributed by atoms with E-state index in [1.54, 1.807) is 4.90 Å². The Morgan fingerprint density at radius 1 is 0.452 bits per heavy atom. The Labute approximate surface area is 501 Å². The van der Waals surface area contributed by atoms with Gasteiger partial charge in [0, 0.05) is 85.1 Å². The zero-order valence-electron chi connectivity index (χ0n) is 35.7. The normalized spacial score (nSPS) is 9.24. The van der Waals surface area contributed by atoms with Gasteiger partial charge in [-0.15, -0.1) is 0 Å². The fourth-order valence-electron chi connectivity index (χ4n) is 3.95. The maximum atomic E-state index is 12.3. The molecule has 0 rings (SSSR count). The van der Waals surface area contributed by atoms with E-state index in [0.29, 0.717) is 13.1 Å². The first-order chi connectivity index (χ1) is 26.3. The molecule has 62 heavy (non-hydrogen) atoms. The Hall–Kier alpha value is 0.965. The summed E-state index contributed by atoms with van der Waals surface area (Å²) in [6.07, 6.45) is 0.750. The summed E-state index contributed by atoms with van der Waals surface area (Å²) in [6, 6.07) is 0. The number of hydrogen-bond donors (Lipinski definition) is 2. The Balaban J connectivity index is -0.000000206. The molecule has 26 nitrogen and oxygen atoms in total. The third-order valence-corrected chi connectivity index (χ3v) is 6.22. The van der Waals surface area contributed by atoms with Crippen LogP contribution in [0, 0.1) is 61.1 Å². The Morgan fingerprint density at radius 2 is 0.742 bits per heavy atom. The van der Waals surface area contributed by atoms with Crippen molar-refractivity contribution in [3.05, 3.63) is 21.1 Å². The molecule has 0 fully saturated rings. The number of hydroxylamine groups is 1. The minimum Gasteiger partial charge on any atom is -0.609 e. The number of nitrogens with one attached hydrogen (secondary N) is 2. The zero-order chi connectivity index (χ0) is 43.9. The second-order valence-electron chi connectivity index (χ2n) is 10.7. The smallest absolute Gasteiger partial charge is 0.609 e. The summed E-state index contributed by atoms with van der Waals surface area (Å²) in [5.41, 5.74) is 2.64. The first-order valence-electron chi connectivity index (χ1n) is 15.7. The molecule has 0 aromatic carbocycles. The van der Waals surface area contributed by atoms with E-state index in [9.17, 15) is 54.3 Å². The van der Waals surface area contributed by atoms with Crippen LogP contribution in [0.1, 0.15) is 0 Å². The first-order valence-corrected chi connectivity index (χ1v) is 15.7. The fraction of sp³-hybridized carbons (Fsp3) is 0.600. The van der Waals surface area contributed by atoms with Gasteiger partial charge in [-0.2, -0.15) is 28.8 Å². The predicted octanol–water partition coefficient (Wildman–Crippen LogP) is -27.2. The van der Waals surface area contributed by atoms with Crippen molar-refractivity contribution in [2.45, 2.75) is 0 Å². The molecule has 0 heterocycles. The summed E-state index contributed by atoms with van der Waals surface area (Å²) in [6.45, 7) is -0.911. The van der Waals surface area contributed by atoms with Gasteiger partial charge in [0.25, 0.3) is 0 Å². The monoisotopic (exact) mass is 1080 g/mol. The first kappa shape index (κ1) is 86.2. The zero-order valence-corrected chi connectivity index (χ0v) is 48.0. The van der Waals surface area contributed by atoms with Crippen molar-refractivity contribution in [2.24, 2.45) is 0 Å². The number of carboxylic acid groups (broad SMARTS) is 5. The molecule has 2 N–H and O–H groups in total. The number of carbonyl (C=O) groups excluding carboxylic acids is 12. The topological polar surface area (TPSA) is 373 Å². The molecule has 0 aliphatic heterocycles. The molecule has 0 spiro atoms. The fourth-order valence-corrected chi connectivity index (χ4v) is 3.95. The summed E-state index contributed by atoms with van der Waals surface area (Å²) in [7, 11) is 11.0. The summed E-state index contributed by atoms with van der Waals surface area (Å²) in [4.78, 5) is 130. The van der Waals surface area contributed by atoms with Crippen LogP contribution < -0.4 is 184 Å². The Kier molecular flexibility index (Phi) is 86.1. The van der Waals surface area contributed by atoms with Crippen LogP contribution in [0.25, 0.3) is 0 Å². The molecular formula is C30H44GdN8Na5O18. The van der Waals surface area contributed by atoms with Gasteiger partial charge in [0.05, 0.1) is 43.0 Å². The summed E-state index contributed by atoms with van der Waals surface area (Å²) >= 11 is 0. The predicted molar refractivity (Wildman–Crippen MR) is 167 cm³/mol. The number of amides is 1. The van der Waals surface area contributed by atoms with Gasteiger partial charge in [-0.05, 0) is 19.6 Å². The minimum absolute atomic E-state index is 0. The van der Waals surface area contributed by atoms with Crippen molar-refractivity contribution in [1.29, 1.82) is 0 Å². The van der Waals surface area contributed by atoms with Crippen LogP contribution in [-0.2, 0) is 62.4 Å². The summed E-state index contributed by atoms with van der Waals surface area (Å²) < 4.78 is 0. The summed E-state index contributed by atoms with van der Waals surface area (Å²) in [5, 5.41) is 57.5.